The highest BCUT2D eigenvalue weighted by atomic mass is 16.5. The van der Waals surface area contributed by atoms with Gasteiger partial charge in [-0.25, -0.2) is 4.79 Å². The number of methoxy groups -OCH3 is 1. The minimum atomic E-state index is -0.806. The molecule has 0 radical (unpaired) electrons. The van der Waals surface area contributed by atoms with Crippen molar-refractivity contribution in [2.24, 2.45) is 0 Å². The monoisotopic (exact) mass is 356 g/mol. The molecule has 0 atom stereocenters. The second kappa shape index (κ2) is 10.2. The fourth-order valence-corrected chi connectivity index (χ4v) is 2.91. The molecule has 1 aromatic carbocycles. The Kier molecular flexibility index (Phi) is 7.69. The van der Waals surface area contributed by atoms with E-state index in [1.807, 2.05) is 6.07 Å². The third kappa shape index (κ3) is 6.25. The predicted molar refractivity (Wildman–Crippen MR) is 97.2 cm³/mol. The van der Waals surface area contributed by atoms with Gasteiger partial charge in [0.25, 0.3) is 5.91 Å². The van der Waals surface area contributed by atoms with Gasteiger partial charge in [0, 0.05) is 6.04 Å². The number of esters is 1. The molecule has 1 aromatic rings. The standard InChI is InChI=1S/C20H24N2O4/c1-25-18-10-8-15(9-11-18)12-16(13-21)20(24)26-14-19(23)22-17-6-4-2-3-5-7-17/h8-12,17H,2-7,14H2,1H3,(H,22,23)/b16-12-. The van der Waals surface area contributed by atoms with Crippen molar-refractivity contribution < 1.29 is 19.1 Å². The molecule has 2 rings (SSSR count). The van der Waals surface area contributed by atoms with Gasteiger partial charge in [-0.1, -0.05) is 37.8 Å². The molecule has 1 N–H and O–H groups in total. The summed E-state index contributed by atoms with van der Waals surface area (Å²) in [6, 6.07) is 8.87. The summed E-state index contributed by atoms with van der Waals surface area (Å²) in [5.74, 6) is -0.454. The van der Waals surface area contributed by atoms with Gasteiger partial charge in [-0.3, -0.25) is 4.79 Å². The second-order valence-corrected chi connectivity index (χ2v) is 6.28. The number of nitrogens with one attached hydrogen (secondary N) is 1. The SMILES string of the molecule is COc1ccc(/C=C(/C#N)C(=O)OCC(=O)NC2CCCCCC2)cc1. The normalized spacial score (nSPS) is 15.5. The van der Waals surface area contributed by atoms with Crippen LogP contribution in [0.15, 0.2) is 29.8 Å². The Balaban J connectivity index is 1.86. The topological polar surface area (TPSA) is 88.4 Å². The zero-order valence-corrected chi connectivity index (χ0v) is 15.0. The Labute approximate surface area is 153 Å². The van der Waals surface area contributed by atoms with Crippen molar-refractivity contribution in [3.05, 3.63) is 35.4 Å². The molecule has 0 saturated heterocycles. The summed E-state index contributed by atoms with van der Waals surface area (Å²) in [6.45, 7) is -0.378. The van der Waals surface area contributed by atoms with E-state index >= 15 is 0 Å². The van der Waals surface area contributed by atoms with E-state index in [1.165, 1.54) is 18.9 Å². The predicted octanol–water partition coefficient (Wildman–Crippen LogP) is 2.98. The number of ether oxygens (including phenoxy) is 2. The van der Waals surface area contributed by atoms with Crippen LogP contribution in [0.5, 0.6) is 5.75 Å². The van der Waals surface area contributed by atoms with Crippen LogP contribution in [0, 0.1) is 11.3 Å². The van der Waals surface area contributed by atoms with Crippen LogP contribution in [-0.4, -0.2) is 31.6 Å². The lowest BCUT2D eigenvalue weighted by atomic mass is 10.1. The highest BCUT2D eigenvalue weighted by molar-refractivity contribution is 5.98. The molecular formula is C20H24N2O4. The molecule has 1 fully saturated rings. The third-order valence-electron chi connectivity index (χ3n) is 4.32. The molecule has 0 heterocycles. The molecule has 1 aliphatic rings. The maximum absolute atomic E-state index is 12.0. The van der Waals surface area contributed by atoms with E-state index in [9.17, 15) is 14.9 Å². The number of rotatable bonds is 6. The molecule has 6 heteroatoms. The first-order chi connectivity index (χ1) is 12.6. The molecule has 0 unspecified atom stereocenters. The number of hydrogen-bond acceptors (Lipinski definition) is 5. The number of nitrogens with zero attached hydrogens (tertiary/aromatic N) is 1. The van der Waals surface area contributed by atoms with Crippen LogP contribution in [-0.2, 0) is 14.3 Å². The van der Waals surface area contributed by atoms with Gasteiger partial charge in [-0.05, 0) is 36.6 Å². The number of nitriles is 1. The quantitative estimate of drug-likeness (QED) is 0.366. The Bertz CT molecular complexity index is 681. The Hall–Kier alpha value is -2.81. The minimum Gasteiger partial charge on any atom is -0.497 e. The van der Waals surface area contributed by atoms with Gasteiger partial charge >= 0.3 is 5.97 Å². The molecular weight excluding hydrogens is 332 g/mol. The lowest BCUT2D eigenvalue weighted by Gasteiger charge is -2.16. The van der Waals surface area contributed by atoms with E-state index in [0.717, 1.165) is 25.7 Å². The van der Waals surface area contributed by atoms with E-state index in [1.54, 1.807) is 31.4 Å². The molecule has 26 heavy (non-hydrogen) atoms. The third-order valence-corrected chi connectivity index (χ3v) is 4.32. The zero-order valence-electron chi connectivity index (χ0n) is 15.0. The number of hydrogen-bond donors (Lipinski definition) is 1. The van der Waals surface area contributed by atoms with Gasteiger partial charge in [0.05, 0.1) is 7.11 Å². The fourth-order valence-electron chi connectivity index (χ4n) is 2.91. The Morgan fingerprint density at radius 2 is 1.85 bits per heavy atom. The molecule has 0 spiro atoms. The number of benzene rings is 1. The molecule has 138 valence electrons. The van der Waals surface area contributed by atoms with E-state index < -0.39 is 5.97 Å². The van der Waals surface area contributed by atoms with Crippen molar-refractivity contribution >= 4 is 18.0 Å². The summed E-state index contributed by atoms with van der Waals surface area (Å²) >= 11 is 0. The summed E-state index contributed by atoms with van der Waals surface area (Å²) in [7, 11) is 1.56. The van der Waals surface area contributed by atoms with E-state index in [4.69, 9.17) is 9.47 Å². The van der Waals surface area contributed by atoms with Gasteiger partial charge < -0.3 is 14.8 Å². The summed E-state index contributed by atoms with van der Waals surface area (Å²) in [6.07, 6.45) is 7.94. The average Bonchev–Trinajstić information content (AvgIpc) is 2.93. The van der Waals surface area contributed by atoms with Gasteiger partial charge in [0.1, 0.15) is 17.4 Å². The highest BCUT2D eigenvalue weighted by Gasteiger charge is 2.17. The van der Waals surface area contributed by atoms with Crippen molar-refractivity contribution in [1.82, 2.24) is 5.32 Å². The van der Waals surface area contributed by atoms with Gasteiger partial charge in [-0.2, -0.15) is 5.26 Å². The Morgan fingerprint density at radius 1 is 1.19 bits per heavy atom. The van der Waals surface area contributed by atoms with Gasteiger partial charge in [0.15, 0.2) is 6.61 Å². The van der Waals surface area contributed by atoms with E-state index in [0.29, 0.717) is 11.3 Å². The summed E-state index contributed by atoms with van der Waals surface area (Å²) < 4.78 is 10.0. The number of carbonyl (C=O) groups is 2. The summed E-state index contributed by atoms with van der Waals surface area (Å²) in [4.78, 5) is 24.0. The van der Waals surface area contributed by atoms with E-state index in [-0.39, 0.29) is 24.1 Å². The zero-order chi connectivity index (χ0) is 18.8. The molecule has 6 nitrogen and oxygen atoms in total. The van der Waals surface area contributed by atoms with Crippen LogP contribution in [0.25, 0.3) is 6.08 Å². The number of carbonyl (C=O) groups excluding carboxylic acids is 2. The van der Waals surface area contributed by atoms with Crippen LogP contribution in [0.3, 0.4) is 0 Å². The van der Waals surface area contributed by atoms with Gasteiger partial charge in [-0.15, -0.1) is 0 Å². The summed E-state index contributed by atoms with van der Waals surface area (Å²) in [5, 5.41) is 12.1. The highest BCUT2D eigenvalue weighted by Crippen LogP contribution is 2.17. The first-order valence-electron chi connectivity index (χ1n) is 8.84. The van der Waals surface area contributed by atoms with Crippen molar-refractivity contribution in [2.75, 3.05) is 13.7 Å². The first kappa shape index (κ1) is 19.5. The van der Waals surface area contributed by atoms with E-state index in [2.05, 4.69) is 5.32 Å². The van der Waals surface area contributed by atoms with Crippen LogP contribution in [0.4, 0.5) is 0 Å². The maximum Gasteiger partial charge on any atom is 0.349 e. The second-order valence-electron chi connectivity index (χ2n) is 6.28. The molecule has 0 aromatic heterocycles. The van der Waals surface area contributed by atoms with Crippen molar-refractivity contribution in [2.45, 2.75) is 44.6 Å². The van der Waals surface area contributed by atoms with Crippen LogP contribution < -0.4 is 10.1 Å². The lowest BCUT2D eigenvalue weighted by Crippen LogP contribution is -2.37. The van der Waals surface area contributed by atoms with Crippen LogP contribution in [0.2, 0.25) is 0 Å². The molecule has 1 saturated carbocycles. The van der Waals surface area contributed by atoms with Gasteiger partial charge in [0.2, 0.25) is 0 Å². The fraction of sp³-hybridized carbons (Fsp3) is 0.450. The lowest BCUT2D eigenvalue weighted by molar-refractivity contribution is -0.144. The van der Waals surface area contributed by atoms with Crippen LogP contribution >= 0.6 is 0 Å². The Morgan fingerprint density at radius 3 is 2.42 bits per heavy atom. The smallest absolute Gasteiger partial charge is 0.349 e. The maximum atomic E-state index is 12.0. The molecule has 1 amide bonds. The summed E-state index contributed by atoms with van der Waals surface area (Å²) in [5.41, 5.74) is 0.514. The van der Waals surface area contributed by atoms with Crippen molar-refractivity contribution in [3.63, 3.8) is 0 Å². The largest absolute Gasteiger partial charge is 0.497 e. The number of amides is 1. The van der Waals surface area contributed by atoms with Crippen molar-refractivity contribution in [3.8, 4) is 11.8 Å². The minimum absolute atomic E-state index is 0.147. The van der Waals surface area contributed by atoms with Crippen molar-refractivity contribution in [1.29, 1.82) is 5.26 Å². The first-order valence-corrected chi connectivity index (χ1v) is 8.84. The molecule has 0 aliphatic heterocycles. The van der Waals surface area contributed by atoms with Crippen LogP contribution in [0.1, 0.15) is 44.1 Å². The molecule has 1 aliphatic carbocycles. The average molecular weight is 356 g/mol. The molecule has 0 bridgehead atoms.